The fourth-order valence-corrected chi connectivity index (χ4v) is 2.02. The van der Waals surface area contributed by atoms with Crippen molar-refractivity contribution in [1.82, 2.24) is 4.90 Å². The van der Waals surface area contributed by atoms with Crippen LogP contribution in [0.15, 0.2) is 24.3 Å². The van der Waals surface area contributed by atoms with Gasteiger partial charge in [-0.15, -0.1) is 0 Å². The number of rotatable bonds is 8. The van der Waals surface area contributed by atoms with Crippen molar-refractivity contribution >= 4 is 5.78 Å². The highest BCUT2D eigenvalue weighted by Crippen LogP contribution is 2.15. The van der Waals surface area contributed by atoms with Crippen molar-refractivity contribution in [3.63, 3.8) is 0 Å². The number of carbonyl (C=O) groups is 1. The maximum absolute atomic E-state index is 11.3. The van der Waals surface area contributed by atoms with Gasteiger partial charge in [-0.2, -0.15) is 0 Å². The Labute approximate surface area is 116 Å². The number of hydrogen-bond acceptors (Lipinski definition) is 3. The van der Waals surface area contributed by atoms with Crippen molar-refractivity contribution in [2.45, 2.75) is 27.7 Å². The third-order valence-electron chi connectivity index (χ3n) is 3.24. The molecule has 1 unspecified atom stereocenters. The van der Waals surface area contributed by atoms with Crippen LogP contribution in [0.25, 0.3) is 0 Å². The molecular formula is C16H25NO2. The molecule has 19 heavy (non-hydrogen) atoms. The van der Waals surface area contributed by atoms with Gasteiger partial charge in [-0.05, 0) is 32.1 Å². The number of nitrogens with zero attached hydrogens (tertiary/aromatic N) is 1. The molecule has 0 radical (unpaired) electrons. The van der Waals surface area contributed by atoms with Crippen molar-refractivity contribution in [2.75, 3.05) is 26.2 Å². The van der Waals surface area contributed by atoms with E-state index in [4.69, 9.17) is 4.74 Å². The zero-order valence-electron chi connectivity index (χ0n) is 12.5. The van der Waals surface area contributed by atoms with Gasteiger partial charge in [-0.1, -0.05) is 32.9 Å². The minimum absolute atomic E-state index is 0.0710. The van der Waals surface area contributed by atoms with Crippen LogP contribution in [-0.2, 0) is 0 Å². The molecule has 1 rings (SSSR count). The zero-order valence-corrected chi connectivity index (χ0v) is 12.5. The van der Waals surface area contributed by atoms with E-state index in [0.29, 0.717) is 18.1 Å². The highest BCUT2D eigenvalue weighted by atomic mass is 16.5. The van der Waals surface area contributed by atoms with Gasteiger partial charge in [-0.25, -0.2) is 0 Å². The smallest absolute Gasteiger partial charge is 0.159 e. The van der Waals surface area contributed by atoms with Gasteiger partial charge < -0.3 is 9.64 Å². The molecule has 0 saturated carbocycles. The minimum atomic E-state index is 0.0710. The van der Waals surface area contributed by atoms with Gasteiger partial charge in [0.15, 0.2) is 5.78 Å². The van der Waals surface area contributed by atoms with Crippen LogP contribution in [0, 0.1) is 5.92 Å². The van der Waals surface area contributed by atoms with Gasteiger partial charge in [0.2, 0.25) is 0 Å². The second-order valence-electron chi connectivity index (χ2n) is 4.99. The molecule has 106 valence electrons. The van der Waals surface area contributed by atoms with Crippen molar-refractivity contribution in [3.05, 3.63) is 29.8 Å². The maximum atomic E-state index is 11.3. The summed E-state index contributed by atoms with van der Waals surface area (Å²) in [5, 5.41) is 0. The third-order valence-corrected chi connectivity index (χ3v) is 3.24. The normalized spacial score (nSPS) is 12.5. The summed E-state index contributed by atoms with van der Waals surface area (Å²) in [5.41, 5.74) is 0.703. The summed E-state index contributed by atoms with van der Waals surface area (Å²) in [6.07, 6.45) is 0. The minimum Gasteiger partial charge on any atom is -0.493 e. The molecule has 0 heterocycles. The number of ether oxygens (including phenoxy) is 1. The molecule has 3 heteroatoms. The Morgan fingerprint density at radius 2 is 2.00 bits per heavy atom. The van der Waals surface area contributed by atoms with Crippen LogP contribution in [0.4, 0.5) is 0 Å². The topological polar surface area (TPSA) is 29.5 Å². The molecule has 0 saturated heterocycles. The van der Waals surface area contributed by atoms with Crippen molar-refractivity contribution < 1.29 is 9.53 Å². The molecule has 0 aliphatic rings. The Hall–Kier alpha value is -1.35. The van der Waals surface area contributed by atoms with Crippen molar-refractivity contribution in [3.8, 4) is 5.75 Å². The summed E-state index contributed by atoms with van der Waals surface area (Å²) in [4.78, 5) is 13.7. The van der Waals surface area contributed by atoms with Gasteiger partial charge in [-0.3, -0.25) is 4.79 Å². The summed E-state index contributed by atoms with van der Waals surface area (Å²) < 4.78 is 5.77. The van der Waals surface area contributed by atoms with Crippen LogP contribution >= 0.6 is 0 Å². The van der Waals surface area contributed by atoms with Crippen molar-refractivity contribution in [2.24, 2.45) is 5.92 Å². The molecule has 0 aliphatic carbocycles. The molecular weight excluding hydrogens is 238 g/mol. The molecule has 3 nitrogen and oxygen atoms in total. The average Bonchev–Trinajstić information content (AvgIpc) is 2.42. The molecule has 0 fully saturated rings. The molecule has 0 spiro atoms. The first-order valence-electron chi connectivity index (χ1n) is 7.03. The van der Waals surface area contributed by atoms with E-state index < -0.39 is 0 Å². The molecule has 0 N–H and O–H groups in total. The van der Waals surface area contributed by atoms with E-state index in [2.05, 4.69) is 25.7 Å². The van der Waals surface area contributed by atoms with Crippen LogP contribution in [0.5, 0.6) is 5.75 Å². The first-order valence-corrected chi connectivity index (χ1v) is 7.03. The zero-order chi connectivity index (χ0) is 14.3. The van der Waals surface area contributed by atoms with E-state index in [0.717, 1.165) is 25.4 Å². The summed E-state index contributed by atoms with van der Waals surface area (Å²) in [6.45, 7) is 12.0. The number of carbonyl (C=O) groups excluding carboxylic acids is 1. The quantitative estimate of drug-likeness (QED) is 0.674. The summed E-state index contributed by atoms with van der Waals surface area (Å²) in [7, 11) is 0. The lowest BCUT2D eigenvalue weighted by molar-refractivity contribution is 0.101. The predicted octanol–water partition coefficient (Wildman–Crippen LogP) is 3.25. The SMILES string of the molecule is CCN(CC)CC(C)COc1cccc(C(C)=O)c1. The van der Waals surface area contributed by atoms with Crippen LogP contribution in [0.1, 0.15) is 38.1 Å². The highest BCUT2D eigenvalue weighted by molar-refractivity contribution is 5.94. The monoisotopic (exact) mass is 263 g/mol. The summed E-state index contributed by atoms with van der Waals surface area (Å²) in [6, 6.07) is 7.39. The average molecular weight is 263 g/mol. The van der Waals surface area contributed by atoms with Gasteiger partial charge in [0.25, 0.3) is 0 Å². The second kappa shape index (κ2) is 7.95. The van der Waals surface area contributed by atoms with E-state index in [1.165, 1.54) is 0 Å². The Balaban J connectivity index is 2.47. The second-order valence-corrected chi connectivity index (χ2v) is 4.99. The standard InChI is InChI=1S/C16H25NO2/c1-5-17(6-2)11-13(3)12-19-16-9-7-8-15(10-16)14(4)18/h7-10,13H,5-6,11-12H2,1-4H3. The fraction of sp³-hybridized carbons (Fsp3) is 0.562. The molecule has 1 aromatic carbocycles. The fourth-order valence-electron chi connectivity index (χ4n) is 2.02. The Morgan fingerprint density at radius 3 is 2.58 bits per heavy atom. The Morgan fingerprint density at radius 1 is 1.32 bits per heavy atom. The van der Waals surface area contributed by atoms with E-state index >= 15 is 0 Å². The Kier molecular flexibility index (Phi) is 6.57. The van der Waals surface area contributed by atoms with Gasteiger partial charge in [0.05, 0.1) is 6.61 Å². The predicted molar refractivity (Wildman–Crippen MR) is 78.9 cm³/mol. The number of Topliss-reactive ketones (excluding diaryl/α,β-unsaturated/α-hetero) is 1. The third kappa shape index (κ3) is 5.43. The van der Waals surface area contributed by atoms with Gasteiger partial charge >= 0.3 is 0 Å². The molecule has 0 amide bonds. The lowest BCUT2D eigenvalue weighted by Gasteiger charge is -2.22. The first kappa shape index (κ1) is 15.7. The van der Waals surface area contributed by atoms with Crippen LogP contribution in [0.3, 0.4) is 0 Å². The Bertz CT molecular complexity index is 399. The maximum Gasteiger partial charge on any atom is 0.159 e. The molecule has 0 bridgehead atoms. The van der Waals surface area contributed by atoms with E-state index in [-0.39, 0.29) is 5.78 Å². The summed E-state index contributed by atoms with van der Waals surface area (Å²) >= 11 is 0. The molecule has 0 aromatic heterocycles. The van der Waals surface area contributed by atoms with E-state index in [1.807, 2.05) is 24.3 Å². The summed E-state index contributed by atoms with van der Waals surface area (Å²) in [5.74, 6) is 1.32. The van der Waals surface area contributed by atoms with Crippen molar-refractivity contribution in [1.29, 1.82) is 0 Å². The molecule has 1 aromatic rings. The van der Waals surface area contributed by atoms with E-state index in [9.17, 15) is 4.79 Å². The molecule has 1 atom stereocenters. The molecule has 0 aliphatic heterocycles. The van der Waals surface area contributed by atoms with Crippen LogP contribution in [-0.4, -0.2) is 36.9 Å². The lowest BCUT2D eigenvalue weighted by Crippen LogP contribution is -2.30. The number of benzene rings is 1. The first-order chi connectivity index (χ1) is 9.06. The highest BCUT2D eigenvalue weighted by Gasteiger charge is 2.08. The number of hydrogen-bond donors (Lipinski definition) is 0. The largest absolute Gasteiger partial charge is 0.493 e. The van der Waals surface area contributed by atoms with E-state index in [1.54, 1.807) is 6.92 Å². The number of ketones is 1. The lowest BCUT2D eigenvalue weighted by atomic mass is 10.1. The van der Waals surface area contributed by atoms with Crippen LogP contribution in [0.2, 0.25) is 0 Å². The van der Waals surface area contributed by atoms with Crippen LogP contribution < -0.4 is 4.74 Å². The van der Waals surface area contributed by atoms with Gasteiger partial charge in [0.1, 0.15) is 5.75 Å². The van der Waals surface area contributed by atoms with Gasteiger partial charge in [0, 0.05) is 18.0 Å².